The van der Waals surface area contributed by atoms with E-state index in [1.54, 1.807) is 30.3 Å². The van der Waals surface area contributed by atoms with E-state index >= 15 is 4.39 Å². The van der Waals surface area contributed by atoms with Gasteiger partial charge in [-0.3, -0.25) is 4.79 Å². The first-order valence-electron chi connectivity index (χ1n) is 13.2. The second-order valence-electron chi connectivity index (χ2n) is 10.7. The summed E-state index contributed by atoms with van der Waals surface area (Å²) in [5, 5.41) is 10.6. The molecule has 3 unspecified atom stereocenters. The highest BCUT2D eigenvalue weighted by atomic mass is 19.1. The molecule has 0 amide bonds. The largest absolute Gasteiger partial charge is 0.481 e. The zero-order valence-corrected chi connectivity index (χ0v) is 20.3. The topological polar surface area (TPSA) is 37.3 Å². The molecule has 2 fully saturated rings. The van der Waals surface area contributed by atoms with E-state index < -0.39 is 11.4 Å². The molecule has 2 aliphatic rings. The fourth-order valence-corrected chi connectivity index (χ4v) is 6.93. The van der Waals surface area contributed by atoms with Crippen molar-refractivity contribution in [3.63, 3.8) is 0 Å². The van der Waals surface area contributed by atoms with Crippen molar-refractivity contribution in [2.45, 2.75) is 89.4 Å². The Kier molecular flexibility index (Phi) is 8.06. The molecule has 2 aromatic rings. The molecule has 1 N–H and O–H groups in total. The molecule has 2 nitrogen and oxygen atoms in total. The maximum absolute atomic E-state index is 15.0. The van der Waals surface area contributed by atoms with Crippen LogP contribution in [0.2, 0.25) is 0 Å². The number of carboxylic acids is 1. The van der Waals surface area contributed by atoms with Crippen molar-refractivity contribution in [1.82, 2.24) is 0 Å². The van der Waals surface area contributed by atoms with E-state index in [0.717, 1.165) is 25.7 Å². The van der Waals surface area contributed by atoms with Gasteiger partial charge in [0, 0.05) is 0 Å². The Hall–Kier alpha value is -2.23. The quantitative estimate of drug-likeness (QED) is 0.394. The third-order valence-electron chi connectivity index (χ3n) is 8.85. The maximum Gasteiger partial charge on any atom is 0.309 e. The monoisotopic (exact) mass is 468 g/mol. The maximum atomic E-state index is 15.0. The fourth-order valence-electron chi connectivity index (χ4n) is 6.93. The lowest BCUT2D eigenvalue weighted by Gasteiger charge is -2.48. The van der Waals surface area contributed by atoms with Gasteiger partial charge in [0.15, 0.2) is 0 Å². The summed E-state index contributed by atoms with van der Waals surface area (Å²) in [6.07, 6.45) is 10.5. The van der Waals surface area contributed by atoms with E-state index in [0.29, 0.717) is 36.3 Å². The second-order valence-corrected chi connectivity index (χ2v) is 10.7. The van der Waals surface area contributed by atoms with Crippen molar-refractivity contribution in [3.8, 4) is 0 Å². The summed E-state index contributed by atoms with van der Waals surface area (Å²) in [7, 11) is 0. The number of halogens is 2. The van der Waals surface area contributed by atoms with Crippen LogP contribution in [0.15, 0.2) is 48.5 Å². The number of hydrogen-bond donors (Lipinski definition) is 1. The number of carboxylic acid groups (broad SMARTS) is 1. The number of rotatable bonds is 8. The molecule has 0 saturated heterocycles. The van der Waals surface area contributed by atoms with Crippen LogP contribution in [-0.2, 0) is 4.79 Å². The van der Waals surface area contributed by atoms with Gasteiger partial charge in [-0.1, -0.05) is 81.8 Å². The molecular formula is C30H38F2O2. The SMILES string of the molecule is CCCCCC1CCC(C2(C(=O)O)CCC(c3ccccc3F)C(c3ccccc3F)C2)CC1. The summed E-state index contributed by atoms with van der Waals surface area (Å²) in [6, 6.07) is 13.4. The van der Waals surface area contributed by atoms with Crippen LogP contribution in [0.1, 0.15) is 101 Å². The standard InChI is InChI=1S/C30H38F2O2/c1-2-3-4-9-21-14-16-22(17-15-21)30(29(33)34)19-18-23(24-10-5-7-12-27(24)31)26(20-30)25-11-6-8-13-28(25)32/h5-8,10-13,21-23,26H,2-4,9,14-20H2,1H3,(H,33,34). The lowest BCUT2D eigenvalue weighted by Crippen LogP contribution is -2.45. The third kappa shape index (κ3) is 5.06. The Labute approximate surface area is 202 Å². The van der Waals surface area contributed by atoms with Crippen molar-refractivity contribution in [1.29, 1.82) is 0 Å². The Balaban J connectivity index is 1.61. The molecule has 0 spiro atoms. The van der Waals surface area contributed by atoms with Crippen LogP contribution < -0.4 is 0 Å². The van der Waals surface area contributed by atoms with Crippen LogP contribution in [0, 0.1) is 28.9 Å². The Bertz CT molecular complexity index is 966. The van der Waals surface area contributed by atoms with E-state index in [4.69, 9.17) is 0 Å². The summed E-state index contributed by atoms with van der Waals surface area (Å²) in [6.45, 7) is 2.22. The van der Waals surface area contributed by atoms with Crippen molar-refractivity contribution in [2.24, 2.45) is 17.3 Å². The summed E-state index contributed by atoms with van der Waals surface area (Å²) in [5.41, 5.74) is 0.229. The zero-order valence-electron chi connectivity index (χ0n) is 20.3. The van der Waals surface area contributed by atoms with Gasteiger partial charge in [-0.25, -0.2) is 8.78 Å². The number of carbonyl (C=O) groups is 1. The molecule has 4 rings (SSSR count). The first-order chi connectivity index (χ1) is 16.5. The summed E-state index contributed by atoms with van der Waals surface area (Å²) in [4.78, 5) is 12.9. The van der Waals surface area contributed by atoms with Crippen molar-refractivity contribution < 1.29 is 18.7 Å². The lowest BCUT2D eigenvalue weighted by atomic mass is 9.54. The minimum atomic E-state index is -0.872. The highest BCUT2D eigenvalue weighted by Crippen LogP contribution is 2.57. The van der Waals surface area contributed by atoms with Crippen LogP contribution in [0.4, 0.5) is 8.78 Å². The molecule has 0 bridgehead atoms. The van der Waals surface area contributed by atoms with Gasteiger partial charge >= 0.3 is 5.97 Å². The lowest BCUT2D eigenvalue weighted by molar-refractivity contribution is -0.158. The van der Waals surface area contributed by atoms with E-state index in [9.17, 15) is 14.3 Å². The molecule has 0 aromatic heterocycles. The first-order valence-corrected chi connectivity index (χ1v) is 13.2. The predicted molar refractivity (Wildman–Crippen MR) is 132 cm³/mol. The Morgan fingerprint density at radius 3 is 2.03 bits per heavy atom. The van der Waals surface area contributed by atoms with Gasteiger partial charge < -0.3 is 5.11 Å². The molecule has 0 heterocycles. The van der Waals surface area contributed by atoms with Gasteiger partial charge in [-0.2, -0.15) is 0 Å². The molecule has 4 heteroatoms. The van der Waals surface area contributed by atoms with Gasteiger partial charge in [0.2, 0.25) is 0 Å². The van der Waals surface area contributed by atoms with Crippen molar-refractivity contribution in [3.05, 3.63) is 71.3 Å². The van der Waals surface area contributed by atoms with Crippen molar-refractivity contribution in [2.75, 3.05) is 0 Å². The molecule has 3 atom stereocenters. The number of aliphatic carboxylic acids is 1. The average Bonchev–Trinajstić information content (AvgIpc) is 2.85. The van der Waals surface area contributed by atoms with Gasteiger partial charge in [-0.15, -0.1) is 0 Å². The number of benzene rings is 2. The minimum absolute atomic E-state index is 0.100. The molecule has 0 aliphatic heterocycles. The van der Waals surface area contributed by atoms with E-state index in [2.05, 4.69) is 6.92 Å². The highest BCUT2D eigenvalue weighted by Gasteiger charge is 2.52. The number of unbranched alkanes of at least 4 members (excludes halogenated alkanes) is 2. The molecule has 2 aromatic carbocycles. The summed E-state index contributed by atoms with van der Waals surface area (Å²) < 4.78 is 29.8. The number of hydrogen-bond acceptors (Lipinski definition) is 1. The molecule has 2 saturated carbocycles. The van der Waals surface area contributed by atoms with Crippen LogP contribution in [-0.4, -0.2) is 11.1 Å². The highest BCUT2D eigenvalue weighted by molar-refractivity contribution is 5.75. The summed E-state index contributed by atoms with van der Waals surface area (Å²) in [5.74, 6) is -1.15. The van der Waals surface area contributed by atoms with Crippen LogP contribution in [0.25, 0.3) is 0 Å². The normalized spacial score (nSPS) is 29.6. The van der Waals surface area contributed by atoms with Crippen molar-refractivity contribution >= 4 is 5.97 Å². The molecule has 2 aliphatic carbocycles. The van der Waals surface area contributed by atoms with Gasteiger partial charge in [0.25, 0.3) is 0 Å². The molecule has 0 radical (unpaired) electrons. The van der Waals surface area contributed by atoms with E-state index in [1.165, 1.54) is 37.8 Å². The minimum Gasteiger partial charge on any atom is -0.481 e. The Morgan fingerprint density at radius 1 is 0.882 bits per heavy atom. The zero-order chi connectivity index (χ0) is 24.1. The van der Waals surface area contributed by atoms with E-state index in [-0.39, 0.29) is 29.4 Å². The third-order valence-corrected chi connectivity index (χ3v) is 8.85. The van der Waals surface area contributed by atoms with E-state index in [1.807, 2.05) is 6.07 Å². The van der Waals surface area contributed by atoms with Crippen LogP contribution in [0.5, 0.6) is 0 Å². The van der Waals surface area contributed by atoms with Crippen LogP contribution in [0.3, 0.4) is 0 Å². The molecule has 184 valence electrons. The predicted octanol–water partition coefficient (Wildman–Crippen LogP) is 8.47. The second kappa shape index (κ2) is 11.0. The summed E-state index contributed by atoms with van der Waals surface area (Å²) >= 11 is 0. The van der Waals surface area contributed by atoms with Gasteiger partial charge in [0.05, 0.1) is 5.41 Å². The van der Waals surface area contributed by atoms with Crippen LogP contribution >= 0.6 is 0 Å². The van der Waals surface area contributed by atoms with Gasteiger partial charge in [0.1, 0.15) is 11.6 Å². The smallest absolute Gasteiger partial charge is 0.309 e. The first kappa shape index (κ1) is 24.9. The Morgan fingerprint density at radius 2 is 1.47 bits per heavy atom. The average molecular weight is 469 g/mol. The molecular weight excluding hydrogens is 430 g/mol. The fraction of sp³-hybridized carbons (Fsp3) is 0.567. The van der Waals surface area contributed by atoms with Gasteiger partial charge in [-0.05, 0) is 79.0 Å². The molecule has 34 heavy (non-hydrogen) atoms.